The van der Waals surface area contributed by atoms with E-state index in [1.54, 1.807) is 0 Å². The molecule has 0 aliphatic heterocycles. The Morgan fingerprint density at radius 2 is 1.81 bits per heavy atom. The largest absolute Gasteiger partial charge is 0.387 e. The average Bonchev–Trinajstić information content (AvgIpc) is 2.17. The summed E-state index contributed by atoms with van der Waals surface area (Å²) in [5.74, 6) is -0.836. The van der Waals surface area contributed by atoms with Crippen LogP contribution in [0, 0.1) is 5.82 Å². The fraction of sp³-hybridized carbons (Fsp3) is 0.400. The average molecular weight is 247 g/mol. The quantitative estimate of drug-likeness (QED) is 0.854. The Bertz CT molecular complexity index is 442. The number of sulfonamides is 1. The van der Waals surface area contributed by atoms with Crippen LogP contribution in [-0.2, 0) is 10.0 Å². The van der Waals surface area contributed by atoms with Crippen LogP contribution in [-0.4, -0.2) is 37.7 Å². The molecule has 6 heteroatoms. The number of halogens is 1. The first-order chi connectivity index (χ1) is 7.33. The van der Waals surface area contributed by atoms with Crippen molar-refractivity contribution in [3.05, 3.63) is 35.6 Å². The van der Waals surface area contributed by atoms with E-state index >= 15 is 0 Å². The SMILES string of the molecule is CN(C)S(=O)(=O)CC(O)c1ccc(F)cc1. The summed E-state index contributed by atoms with van der Waals surface area (Å²) in [5.41, 5.74) is 0.381. The molecule has 1 rings (SSSR count). The molecule has 1 unspecified atom stereocenters. The van der Waals surface area contributed by atoms with Crippen molar-refractivity contribution >= 4 is 10.0 Å². The smallest absolute Gasteiger partial charge is 0.216 e. The minimum atomic E-state index is -3.47. The van der Waals surface area contributed by atoms with Crippen molar-refractivity contribution in [2.75, 3.05) is 19.8 Å². The van der Waals surface area contributed by atoms with Gasteiger partial charge in [0.05, 0.1) is 11.9 Å². The summed E-state index contributed by atoms with van der Waals surface area (Å²) in [6, 6.07) is 5.10. The molecule has 0 radical (unpaired) electrons. The fourth-order valence-electron chi connectivity index (χ4n) is 1.13. The summed E-state index contributed by atoms with van der Waals surface area (Å²) in [6.07, 6.45) is -1.15. The third-order valence-electron chi connectivity index (χ3n) is 2.18. The van der Waals surface area contributed by atoms with E-state index in [1.807, 2.05) is 0 Å². The second-order valence-corrected chi connectivity index (χ2v) is 5.86. The van der Waals surface area contributed by atoms with Gasteiger partial charge in [-0.05, 0) is 17.7 Å². The van der Waals surface area contributed by atoms with E-state index < -0.39 is 27.7 Å². The summed E-state index contributed by atoms with van der Waals surface area (Å²) in [4.78, 5) is 0. The van der Waals surface area contributed by atoms with E-state index in [-0.39, 0.29) is 0 Å². The summed E-state index contributed by atoms with van der Waals surface area (Å²) < 4.78 is 36.6. The number of hydrogen-bond donors (Lipinski definition) is 1. The van der Waals surface area contributed by atoms with Crippen molar-refractivity contribution in [1.82, 2.24) is 4.31 Å². The zero-order chi connectivity index (χ0) is 12.3. The van der Waals surface area contributed by atoms with Gasteiger partial charge in [-0.1, -0.05) is 12.1 Å². The summed E-state index contributed by atoms with van der Waals surface area (Å²) in [6.45, 7) is 0. The highest BCUT2D eigenvalue weighted by molar-refractivity contribution is 7.89. The van der Waals surface area contributed by atoms with Crippen LogP contribution in [0.4, 0.5) is 4.39 Å². The van der Waals surface area contributed by atoms with Gasteiger partial charge in [-0.3, -0.25) is 0 Å². The number of hydrogen-bond acceptors (Lipinski definition) is 3. The van der Waals surface area contributed by atoms with Crippen LogP contribution in [0.1, 0.15) is 11.7 Å². The maximum Gasteiger partial charge on any atom is 0.216 e. The van der Waals surface area contributed by atoms with Gasteiger partial charge in [0, 0.05) is 14.1 Å². The Morgan fingerprint density at radius 3 is 2.25 bits per heavy atom. The van der Waals surface area contributed by atoms with E-state index in [2.05, 4.69) is 0 Å². The van der Waals surface area contributed by atoms with Gasteiger partial charge in [0.25, 0.3) is 0 Å². The van der Waals surface area contributed by atoms with Crippen LogP contribution in [0.15, 0.2) is 24.3 Å². The minimum absolute atomic E-state index is 0.381. The van der Waals surface area contributed by atoms with Crippen molar-refractivity contribution in [3.8, 4) is 0 Å². The van der Waals surface area contributed by atoms with Gasteiger partial charge in [-0.15, -0.1) is 0 Å². The Kier molecular flexibility index (Phi) is 4.01. The maximum absolute atomic E-state index is 12.6. The fourth-order valence-corrected chi connectivity index (χ4v) is 2.02. The molecule has 0 aromatic heterocycles. The Hall–Kier alpha value is -0.980. The zero-order valence-electron chi connectivity index (χ0n) is 9.09. The van der Waals surface area contributed by atoms with Crippen molar-refractivity contribution in [2.45, 2.75) is 6.10 Å². The van der Waals surface area contributed by atoms with Gasteiger partial charge < -0.3 is 5.11 Å². The molecule has 4 nitrogen and oxygen atoms in total. The molecule has 1 atom stereocenters. The Morgan fingerprint density at radius 1 is 1.31 bits per heavy atom. The van der Waals surface area contributed by atoms with E-state index in [1.165, 1.54) is 38.4 Å². The highest BCUT2D eigenvalue weighted by Crippen LogP contribution is 2.16. The molecular weight excluding hydrogens is 233 g/mol. The first-order valence-corrected chi connectivity index (χ1v) is 6.27. The molecular formula is C10H14FNO3S. The third-order valence-corrected chi connectivity index (χ3v) is 4.03. The molecule has 0 amide bonds. The van der Waals surface area contributed by atoms with Crippen molar-refractivity contribution in [2.24, 2.45) is 0 Å². The predicted octanol–water partition coefficient (Wildman–Crippen LogP) is 0.751. The third kappa shape index (κ3) is 3.26. The molecule has 0 heterocycles. The molecule has 1 aromatic rings. The number of aliphatic hydroxyl groups excluding tert-OH is 1. The first-order valence-electron chi connectivity index (χ1n) is 4.66. The molecule has 0 saturated heterocycles. The molecule has 0 aliphatic carbocycles. The van der Waals surface area contributed by atoms with Crippen molar-refractivity contribution in [3.63, 3.8) is 0 Å². The molecule has 0 bridgehead atoms. The lowest BCUT2D eigenvalue weighted by molar-refractivity contribution is 0.200. The molecule has 1 N–H and O–H groups in total. The second kappa shape index (κ2) is 4.90. The molecule has 90 valence electrons. The minimum Gasteiger partial charge on any atom is -0.387 e. The number of aliphatic hydroxyl groups is 1. The second-order valence-electron chi connectivity index (χ2n) is 3.63. The van der Waals surface area contributed by atoms with Crippen LogP contribution < -0.4 is 0 Å². The predicted molar refractivity (Wildman–Crippen MR) is 58.8 cm³/mol. The number of rotatable bonds is 4. The van der Waals surface area contributed by atoms with Gasteiger partial charge >= 0.3 is 0 Å². The highest BCUT2D eigenvalue weighted by Gasteiger charge is 2.20. The van der Waals surface area contributed by atoms with E-state index in [9.17, 15) is 17.9 Å². The van der Waals surface area contributed by atoms with Gasteiger partial charge in [0.1, 0.15) is 5.82 Å². The van der Waals surface area contributed by atoms with Gasteiger partial charge in [0.2, 0.25) is 10.0 Å². The molecule has 0 saturated carbocycles. The van der Waals surface area contributed by atoms with Crippen LogP contribution in [0.25, 0.3) is 0 Å². The topological polar surface area (TPSA) is 57.6 Å². The zero-order valence-corrected chi connectivity index (χ0v) is 9.91. The van der Waals surface area contributed by atoms with E-state index in [0.717, 1.165) is 4.31 Å². The first kappa shape index (κ1) is 13.1. The lowest BCUT2D eigenvalue weighted by atomic mass is 10.1. The van der Waals surface area contributed by atoms with E-state index in [0.29, 0.717) is 5.56 Å². The molecule has 1 aromatic carbocycles. The maximum atomic E-state index is 12.6. The van der Waals surface area contributed by atoms with Gasteiger partial charge in [-0.25, -0.2) is 17.1 Å². The number of nitrogens with zero attached hydrogens (tertiary/aromatic N) is 1. The Balaban J connectivity index is 2.81. The molecule has 0 spiro atoms. The van der Waals surface area contributed by atoms with E-state index in [4.69, 9.17) is 0 Å². The van der Waals surface area contributed by atoms with Crippen molar-refractivity contribution in [1.29, 1.82) is 0 Å². The standard InChI is InChI=1S/C10H14FNO3S/c1-12(2)16(14,15)7-10(13)8-3-5-9(11)6-4-8/h3-6,10,13H,7H2,1-2H3. The monoisotopic (exact) mass is 247 g/mol. The molecule has 0 fully saturated rings. The van der Waals surface area contributed by atoms with Crippen LogP contribution >= 0.6 is 0 Å². The molecule has 16 heavy (non-hydrogen) atoms. The van der Waals surface area contributed by atoms with Crippen molar-refractivity contribution < 1.29 is 17.9 Å². The lowest BCUT2D eigenvalue weighted by Crippen LogP contribution is -2.28. The molecule has 0 aliphatic rings. The van der Waals surface area contributed by atoms with Crippen LogP contribution in [0.3, 0.4) is 0 Å². The highest BCUT2D eigenvalue weighted by atomic mass is 32.2. The summed E-state index contributed by atoms with van der Waals surface area (Å²) in [7, 11) is -0.675. The summed E-state index contributed by atoms with van der Waals surface area (Å²) in [5, 5.41) is 9.67. The van der Waals surface area contributed by atoms with Gasteiger partial charge in [-0.2, -0.15) is 0 Å². The van der Waals surface area contributed by atoms with Crippen LogP contribution in [0.5, 0.6) is 0 Å². The number of benzene rings is 1. The summed E-state index contributed by atoms with van der Waals surface area (Å²) >= 11 is 0. The Labute approximate surface area is 94.4 Å². The normalized spacial score (nSPS) is 14.1. The lowest BCUT2D eigenvalue weighted by Gasteiger charge is -2.15. The van der Waals surface area contributed by atoms with Gasteiger partial charge in [0.15, 0.2) is 0 Å². The van der Waals surface area contributed by atoms with Crippen LogP contribution in [0.2, 0.25) is 0 Å².